The van der Waals surface area contributed by atoms with Crippen LogP contribution in [-0.4, -0.2) is 31.7 Å². The smallest absolute Gasteiger partial charge is 0.407 e. The van der Waals surface area contributed by atoms with Gasteiger partial charge >= 0.3 is 6.09 Å². The molecule has 2 amide bonds. The van der Waals surface area contributed by atoms with E-state index in [1.165, 1.54) is 12.1 Å². The molecule has 0 unspecified atom stereocenters. The molecule has 1 aromatic rings. The van der Waals surface area contributed by atoms with Crippen LogP contribution in [-0.2, 0) is 16.0 Å². The third-order valence-electron chi connectivity index (χ3n) is 2.73. The molecule has 0 aliphatic carbocycles. The summed E-state index contributed by atoms with van der Waals surface area (Å²) in [4.78, 5) is 22.8. The van der Waals surface area contributed by atoms with E-state index in [1.807, 2.05) is 6.92 Å². The van der Waals surface area contributed by atoms with Crippen molar-refractivity contribution in [1.29, 1.82) is 0 Å². The first kappa shape index (κ1) is 16.9. The zero-order valence-corrected chi connectivity index (χ0v) is 12.2. The fraction of sp³-hybridized carbons (Fsp3) is 0.467. The number of rotatable bonds is 8. The molecule has 0 atom stereocenters. The minimum absolute atomic E-state index is 0.178. The van der Waals surface area contributed by atoms with Crippen molar-refractivity contribution in [2.24, 2.45) is 0 Å². The van der Waals surface area contributed by atoms with E-state index in [0.717, 1.165) is 18.4 Å². The predicted molar refractivity (Wildman–Crippen MR) is 77.4 cm³/mol. The number of nitrogens with one attached hydrogen (secondary N) is 2. The van der Waals surface area contributed by atoms with Crippen molar-refractivity contribution in [1.82, 2.24) is 10.6 Å². The van der Waals surface area contributed by atoms with Gasteiger partial charge in [-0.3, -0.25) is 4.79 Å². The molecule has 0 aliphatic heterocycles. The van der Waals surface area contributed by atoms with Crippen LogP contribution in [0.5, 0.6) is 0 Å². The van der Waals surface area contributed by atoms with E-state index in [4.69, 9.17) is 4.74 Å². The van der Waals surface area contributed by atoms with Gasteiger partial charge in [-0.2, -0.15) is 0 Å². The first-order chi connectivity index (χ1) is 10.1. The molecule has 1 rings (SSSR count). The Bertz CT molecular complexity index is 449. The van der Waals surface area contributed by atoms with Crippen LogP contribution in [0.4, 0.5) is 9.18 Å². The molecular weight excluding hydrogens is 275 g/mol. The first-order valence-electron chi connectivity index (χ1n) is 7.03. The Morgan fingerprint density at radius 2 is 1.81 bits per heavy atom. The summed E-state index contributed by atoms with van der Waals surface area (Å²) in [6.45, 7) is 3.04. The third kappa shape index (κ3) is 7.91. The van der Waals surface area contributed by atoms with E-state index in [2.05, 4.69) is 10.6 Å². The molecule has 0 fully saturated rings. The third-order valence-corrected chi connectivity index (χ3v) is 2.73. The van der Waals surface area contributed by atoms with Crippen LogP contribution in [0.2, 0.25) is 0 Å². The van der Waals surface area contributed by atoms with Crippen LogP contribution in [0.1, 0.15) is 25.3 Å². The summed E-state index contributed by atoms with van der Waals surface area (Å²) < 4.78 is 17.6. The highest BCUT2D eigenvalue weighted by molar-refractivity contribution is 5.78. The Morgan fingerprint density at radius 3 is 2.48 bits per heavy atom. The molecule has 0 saturated carbocycles. The normalized spacial score (nSPS) is 10.0. The summed E-state index contributed by atoms with van der Waals surface area (Å²) in [7, 11) is 0. The average Bonchev–Trinajstić information content (AvgIpc) is 2.46. The number of halogens is 1. The van der Waals surface area contributed by atoms with Gasteiger partial charge in [-0.05, 0) is 24.1 Å². The molecule has 0 bridgehead atoms. The molecule has 2 N–H and O–H groups in total. The molecule has 21 heavy (non-hydrogen) atoms. The van der Waals surface area contributed by atoms with Crippen LogP contribution in [0.15, 0.2) is 24.3 Å². The number of alkyl carbamates (subject to hydrolysis) is 1. The number of carbonyl (C=O) groups is 2. The SMILES string of the molecule is CCCCOC(=O)NCCNC(=O)Cc1ccc(F)cc1. The quantitative estimate of drug-likeness (QED) is 0.721. The second-order valence-electron chi connectivity index (χ2n) is 4.57. The number of carbonyl (C=O) groups excluding carboxylic acids is 2. The predicted octanol–water partition coefficient (Wildman–Crippen LogP) is 2.01. The summed E-state index contributed by atoms with van der Waals surface area (Å²) in [6.07, 6.45) is 1.51. The van der Waals surface area contributed by atoms with Crippen LogP contribution in [0.3, 0.4) is 0 Å². The lowest BCUT2D eigenvalue weighted by Crippen LogP contribution is -2.35. The molecule has 0 aliphatic rings. The highest BCUT2D eigenvalue weighted by Crippen LogP contribution is 2.03. The van der Waals surface area contributed by atoms with Gasteiger partial charge in [-0.15, -0.1) is 0 Å². The van der Waals surface area contributed by atoms with Crippen molar-refractivity contribution in [3.63, 3.8) is 0 Å². The summed E-state index contributed by atoms with van der Waals surface area (Å²) in [5.41, 5.74) is 0.737. The minimum atomic E-state index is -0.476. The maximum Gasteiger partial charge on any atom is 0.407 e. The van der Waals surface area contributed by atoms with Gasteiger partial charge in [0.05, 0.1) is 13.0 Å². The summed E-state index contributed by atoms with van der Waals surface area (Å²) in [6, 6.07) is 5.77. The number of unbranched alkanes of at least 4 members (excludes halogenated alkanes) is 1. The lowest BCUT2D eigenvalue weighted by atomic mass is 10.1. The lowest BCUT2D eigenvalue weighted by molar-refractivity contribution is -0.120. The Hall–Kier alpha value is -2.11. The summed E-state index contributed by atoms with van der Waals surface area (Å²) in [5.74, 6) is -0.507. The molecule has 0 aromatic heterocycles. The molecule has 5 nitrogen and oxygen atoms in total. The number of ether oxygens (including phenoxy) is 1. The molecular formula is C15H21FN2O3. The molecule has 1 aromatic carbocycles. The Labute approximate surface area is 123 Å². The van der Waals surface area contributed by atoms with Crippen LogP contribution >= 0.6 is 0 Å². The minimum Gasteiger partial charge on any atom is -0.450 e. The zero-order chi connectivity index (χ0) is 15.5. The molecule has 0 heterocycles. The van der Waals surface area contributed by atoms with Gasteiger partial charge in [0.15, 0.2) is 0 Å². The van der Waals surface area contributed by atoms with Crippen molar-refractivity contribution < 1.29 is 18.7 Å². The van der Waals surface area contributed by atoms with Gasteiger partial charge < -0.3 is 15.4 Å². The fourth-order valence-electron chi connectivity index (χ4n) is 1.58. The van der Waals surface area contributed by atoms with Crippen molar-refractivity contribution in [3.8, 4) is 0 Å². The van der Waals surface area contributed by atoms with Gasteiger partial charge in [-0.25, -0.2) is 9.18 Å². The fourth-order valence-corrected chi connectivity index (χ4v) is 1.58. The maximum atomic E-state index is 12.7. The Kier molecular flexibility index (Phi) is 7.86. The zero-order valence-electron chi connectivity index (χ0n) is 12.2. The largest absolute Gasteiger partial charge is 0.450 e. The second kappa shape index (κ2) is 9.74. The lowest BCUT2D eigenvalue weighted by Gasteiger charge is -2.08. The second-order valence-corrected chi connectivity index (χ2v) is 4.57. The number of hydrogen-bond acceptors (Lipinski definition) is 3. The van der Waals surface area contributed by atoms with Gasteiger partial charge in [-0.1, -0.05) is 25.5 Å². The van der Waals surface area contributed by atoms with E-state index in [9.17, 15) is 14.0 Å². The van der Waals surface area contributed by atoms with Crippen LogP contribution < -0.4 is 10.6 Å². The van der Waals surface area contributed by atoms with Crippen molar-refractivity contribution in [2.45, 2.75) is 26.2 Å². The average molecular weight is 296 g/mol. The van der Waals surface area contributed by atoms with Crippen molar-refractivity contribution >= 4 is 12.0 Å². The monoisotopic (exact) mass is 296 g/mol. The molecule has 116 valence electrons. The van der Waals surface area contributed by atoms with Crippen LogP contribution in [0, 0.1) is 5.82 Å². The van der Waals surface area contributed by atoms with Crippen molar-refractivity contribution in [2.75, 3.05) is 19.7 Å². The highest BCUT2D eigenvalue weighted by atomic mass is 19.1. The molecule has 6 heteroatoms. The Balaban J connectivity index is 2.10. The topological polar surface area (TPSA) is 67.4 Å². The first-order valence-corrected chi connectivity index (χ1v) is 7.03. The summed E-state index contributed by atoms with van der Waals surface area (Å²) >= 11 is 0. The van der Waals surface area contributed by atoms with E-state index < -0.39 is 6.09 Å². The van der Waals surface area contributed by atoms with E-state index in [-0.39, 0.29) is 18.1 Å². The molecule has 0 saturated heterocycles. The van der Waals surface area contributed by atoms with E-state index in [1.54, 1.807) is 12.1 Å². The van der Waals surface area contributed by atoms with Crippen LogP contribution in [0.25, 0.3) is 0 Å². The number of benzene rings is 1. The van der Waals surface area contributed by atoms with Gasteiger partial charge in [0, 0.05) is 13.1 Å². The highest BCUT2D eigenvalue weighted by Gasteiger charge is 2.04. The number of amides is 2. The van der Waals surface area contributed by atoms with Crippen molar-refractivity contribution in [3.05, 3.63) is 35.6 Å². The maximum absolute atomic E-state index is 12.7. The number of hydrogen-bond donors (Lipinski definition) is 2. The summed E-state index contributed by atoms with van der Waals surface area (Å²) in [5, 5.41) is 5.21. The van der Waals surface area contributed by atoms with Gasteiger partial charge in [0.1, 0.15) is 5.82 Å². The van der Waals surface area contributed by atoms with E-state index >= 15 is 0 Å². The Morgan fingerprint density at radius 1 is 1.14 bits per heavy atom. The van der Waals surface area contributed by atoms with E-state index in [0.29, 0.717) is 19.7 Å². The van der Waals surface area contributed by atoms with Gasteiger partial charge in [0.2, 0.25) is 5.91 Å². The molecule has 0 spiro atoms. The standard InChI is InChI=1S/C15H21FN2O3/c1-2-3-10-21-15(20)18-9-8-17-14(19)11-12-4-6-13(16)7-5-12/h4-7H,2-3,8-11H2,1H3,(H,17,19)(H,18,20). The molecule has 0 radical (unpaired) electrons. The van der Waals surface area contributed by atoms with Gasteiger partial charge in [0.25, 0.3) is 0 Å².